The number of benzene rings is 1. The minimum absolute atomic E-state index is 0.0355. The van der Waals surface area contributed by atoms with Crippen LogP contribution in [0, 0.1) is 17.1 Å². The van der Waals surface area contributed by atoms with Gasteiger partial charge in [0.05, 0.1) is 0 Å². The molecule has 0 fully saturated rings. The molecular weight excluding hydrogens is 261 g/mol. The van der Waals surface area contributed by atoms with Crippen LogP contribution in [-0.4, -0.2) is 10.1 Å². The molecular formula is C14H14FN3O2. The van der Waals surface area contributed by atoms with E-state index in [4.69, 9.17) is 14.5 Å². The predicted molar refractivity (Wildman–Crippen MR) is 68.4 cm³/mol. The lowest BCUT2D eigenvalue weighted by atomic mass is 10.2. The molecule has 0 amide bonds. The Balaban J connectivity index is 2.00. The van der Waals surface area contributed by atoms with Crippen LogP contribution in [0.3, 0.4) is 0 Å². The van der Waals surface area contributed by atoms with Crippen LogP contribution in [0.4, 0.5) is 4.39 Å². The zero-order valence-electron chi connectivity index (χ0n) is 11.1. The molecule has 0 aliphatic heterocycles. The van der Waals surface area contributed by atoms with Gasteiger partial charge in [0.15, 0.2) is 6.61 Å². The summed E-state index contributed by atoms with van der Waals surface area (Å²) in [6, 6.07) is 5.99. The van der Waals surface area contributed by atoms with E-state index in [0.717, 1.165) is 19.3 Å². The highest BCUT2D eigenvalue weighted by Gasteiger charge is 2.11. The highest BCUT2D eigenvalue weighted by Crippen LogP contribution is 2.21. The summed E-state index contributed by atoms with van der Waals surface area (Å²) in [6.45, 7) is 2.11. The fourth-order valence-electron chi connectivity index (χ4n) is 1.65. The first-order chi connectivity index (χ1) is 9.74. The van der Waals surface area contributed by atoms with Gasteiger partial charge < -0.3 is 9.26 Å². The second-order valence-electron chi connectivity index (χ2n) is 4.22. The van der Waals surface area contributed by atoms with Crippen molar-refractivity contribution in [2.45, 2.75) is 32.8 Å². The van der Waals surface area contributed by atoms with Crippen molar-refractivity contribution in [2.24, 2.45) is 0 Å². The highest BCUT2D eigenvalue weighted by molar-refractivity contribution is 5.43. The molecule has 1 aromatic heterocycles. The molecule has 0 saturated heterocycles. The van der Waals surface area contributed by atoms with Crippen LogP contribution < -0.4 is 4.74 Å². The summed E-state index contributed by atoms with van der Waals surface area (Å²) in [5.41, 5.74) is -0.123. The lowest BCUT2D eigenvalue weighted by Crippen LogP contribution is -2.00. The lowest BCUT2D eigenvalue weighted by molar-refractivity contribution is 0.283. The number of aromatic nitrogens is 2. The van der Waals surface area contributed by atoms with Crippen LogP contribution in [0.5, 0.6) is 5.75 Å². The summed E-state index contributed by atoms with van der Waals surface area (Å²) < 4.78 is 23.8. The molecule has 1 heterocycles. The SMILES string of the molecule is CCCCc1nc(COc2cccc(F)c2C#N)no1. The van der Waals surface area contributed by atoms with Crippen LogP contribution in [0.25, 0.3) is 0 Å². The number of aryl methyl sites for hydroxylation is 1. The van der Waals surface area contributed by atoms with Gasteiger partial charge >= 0.3 is 0 Å². The van der Waals surface area contributed by atoms with E-state index in [0.29, 0.717) is 11.7 Å². The number of nitrogens with zero attached hydrogens (tertiary/aromatic N) is 3. The third kappa shape index (κ3) is 3.32. The van der Waals surface area contributed by atoms with Gasteiger partial charge in [0, 0.05) is 6.42 Å². The quantitative estimate of drug-likeness (QED) is 0.810. The topological polar surface area (TPSA) is 71.9 Å². The van der Waals surface area contributed by atoms with E-state index in [-0.39, 0.29) is 17.9 Å². The first-order valence-electron chi connectivity index (χ1n) is 6.37. The minimum Gasteiger partial charge on any atom is -0.484 e. The molecule has 6 heteroatoms. The smallest absolute Gasteiger partial charge is 0.226 e. The molecule has 20 heavy (non-hydrogen) atoms. The van der Waals surface area contributed by atoms with Gasteiger partial charge in [0.25, 0.3) is 0 Å². The Morgan fingerprint density at radius 2 is 2.30 bits per heavy atom. The van der Waals surface area contributed by atoms with Crippen molar-refractivity contribution in [1.29, 1.82) is 5.26 Å². The van der Waals surface area contributed by atoms with Crippen LogP contribution in [0.1, 0.15) is 37.0 Å². The van der Waals surface area contributed by atoms with Crippen molar-refractivity contribution in [1.82, 2.24) is 10.1 Å². The zero-order valence-corrected chi connectivity index (χ0v) is 11.1. The second-order valence-corrected chi connectivity index (χ2v) is 4.22. The van der Waals surface area contributed by atoms with E-state index < -0.39 is 5.82 Å². The molecule has 0 radical (unpaired) electrons. The third-order valence-corrected chi connectivity index (χ3v) is 2.70. The Labute approximate surface area is 116 Å². The van der Waals surface area contributed by atoms with Gasteiger partial charge in [-0.1, -0.05) is 24.6 Å². The van der Waals surface area contributed by atoms with Crippen LogP contribution in [0.15, 0.2) is 22.7 Å². The average molecular weight is 275 g/mol. The van der Waals surface area contributed by atoms with Gasteiger partial charge in [-0.25, -0.2) is 4.39 Å². The van der Waals surface area contributed by atoms with Gasteiger partial charge in [-0.05, 0) is 18.6 Å². The van der Waals surface area contributed by atoms with E-state index in [9.17, 15) is 4.39 Å². The Bertz CT molecular complexity index is 619. The first-order valence-corrected chi connectivity index (χ1v) is 6.37. The normalized spacial score (nSPS) is 10.2. The standard InChI is InChI=1S/C14H14FN3O2/c1-2-3-7-14-17-13(18-20-14)9-19-12-6-4-5-11(15)10(12)8-16/h4-6H,2-3,7,9H2,1H3. The van der Waals surface area contributed by atoms with E-state index in [1.165, 1.54) is 18.2 Å². The summed E-state index contributed by atoms with van der Waals surface area (Å²) >= 11 is 0. The second kappa shape index (κ2) is 6.66. The molecule has 2 rings (SSSR count). The Hall–Kier alpha value is -2.42. The van der Waals surface area contributed by atoms with Gasteiger partial charge in [-0.2, -0.15) is 10.2 Å². The molecule has 5 nitrogen and oxygen atoms in total. The van der Waals surface area contributed by atoms with Crippen molar-refractivity contribution in [3.05, 3.63) is 41.3 Å². The summed E-state index contributed by atoms with van der Waals surface area (Å²) in [4.78, 5) is 4.16. The number of halogens is 1. The number of ether oxygens (including phenoxy) is 1. The zero-order chi connectivity index (χ0) is 14.4. The van der Waals surface area contributed by atoms with E-state index in [1.54, 1.807) is 6.07 Å². The molecule has 0 unspecified atom stereocenters. The molecule has 0 atom stereocenters. The van der Waals surface area contributed by atoms with Crippen molar-refractivity contribution in [3.8, 4) is 11.8 Å². The number of hydrogen-bond donors (Lipinski definition) is 0. The van der Waals surface area contributed by atoms with Gasteiger partial charge in [0.1, 0.15) is 23.2 Å². The summed E-state index contributed by atoms with van der Waals surface area (Å²) in [5, 5.41) is 12.7. The summed E-state index contributed by atoms with van der Waals surface area (Å²) in [7, 11) is 0. The predicted octanol–water partition coefficient (Wildman–Crippen LogP) is 3.00. The minimum atomic E-state index is -0.609. The molecule has 2 aromatic rings. The van der Waals surface area contributed by atoms with Crippen LogP contribution >= 0.6 is 0 Å². The van der Waals surface area contributed by atoms with Crippen molar-refractivity contribution in [2.75, 3.05) is 0 Å². The number of nitriles is 1. The van der Waals surface area contributed by atoms with Crippen molar-refractivity contribution < 1.29 is 13.7 Å². The maximum absolute atomic E-state index is 13.4. The molecule has 0 aliphatic carbocycles. The van der Waals surface area contributed by atoms with Gasteiger partial charge in [0.2, 0.25) is 11.7 Å². The Morgan fingerprint density at radius 1 is 1.45 bits per heavy atom. The van der Waals surface area contributed by atoms with E-state index >= 15 is 0 Å². The summed E-state index contributed by atoms with van der Waals surface area (Å²) in [5.74, 6) is 0.503. The molecule has 0 N–H and O–H groups in total. The Morgan fingerprint density at radius 3 is 3.05 bits per heavy atom. The van der Waals surface area contributed by atoms with Gasteiger partial charge in [-0.3, -0.25) is 0 Å². The van der Waals surface area contributed by atoms with E-state index in [2.05, 4.69) is 17.1 Å². The largest absolute Gasteiger partial charge is 0.484 e. The highest BCUT2D eigenvalue weighted by atomic mass is 19.1. The maximum atomic E-state index is 13.4. The van der Waals surface area contributed by atoms with Crippen molar-refractivity contribution >= 4 is 0 Å². The number of rotatable bonds is 6. The lowest BCUT2D eigenvalue weighted by Gasteiger charge is -2.05. The molecule has 1 aromatic carbocycles. The number of hydrogen-bond acceptors (Lipinski definition) is 5. The Kier molecular flexibility index (Phi) is 4.66. The fraction of sp³-hybridized carbons (Fsp3) is 0.357. The maximum Gasteiger partial charge on any atom is 0.226 e. The molecule has 0 saturated carbocycles. The summed E-state index contributed by atoms with van der Waals surface area (Å²) in [6.07, 6.45) is 2.75. The average Bonchev–Trinajstić information content (AvgIpc) is 2.91. The van der Waals surface area contributed by atoms with Crippen molar-refractivity contribution in [3.63, 3.8) is 0 Å². The number of unbranched alkanes of at least 4 members (excludes halogenated alkanes) is 1. The van der Waals surface area contributed by atoms with Crippen LogP contribution in [0.2, 0.25) is 0 Å². The van der Waals surface area contributed by atoms with Crippen LogP contribution in [-0.2, 0) is 13.0 Å². The third-order valence-electron chi connectivity index (χ3n) is 2.70. The first kappa shape index (κ1) is 14.0. The molecule has 0 bridgehead atoms. The molecule has 104 valence electrons. The fourth-order valence-corrected chi connectivity index (χ4v) is 1.65. The molecule has 0 spiro atoms. The molecule has 0 aliphatic rings. The monoisotopic (exact) mass is 275 g/mol. The van der Waals surface area contributed by atoms with Gasteiger partial charge in [-0.15, -0.1) is 0 Å². The van der Waals surface area contributed by atoms with E-state index in [1.807, 2.05) is 0 Å².